The Labute approximate surface area is 113 Å². The van der Waals surface area contributed by atoms with Crippen LogP contribution in [0.5, 0.6) is 0 Å². The van der Waals surface area contributed by atoms with Crippen LogP contribution in [0.1, 0.15) is 36.3 Å². The molecule has 0 amide bonds. The van der Waals surface area contributed by atoms with Crippen molar-refractivity contribution in [1.82, 2.24) is 0 Å². The molecule has 0 aliphatic heterocycles. The SMILES string of the molecule is N=C(N)c1ccc(C2C(S)CCCC2S)cc1. The van der Waals surface area contributed by atoms with Gasteiger partial charge in [0.25, 0.3) is 0 Å². The monoisotopic (exact) mass is 266 g/mol. The van der Waals surface area contributed by atoms with E-state index < -0.39 is 0 Å². The summed E-state index contributed by atoms with van der Waals surface area (Å²) in [5, 5.41) is 8.14. The van der Waals surface area contributed by atoms with Crippen LogP contribution in [0.4, 0.5) is 0 Å². The molecule has 1 aliphatic carbocycles. The first-order chi connectivity index (χ1) is 8.09. The van der Waals surface area contributed by atoms with Crippen LogP contribution in [0, 0.1) is 5.41 Å². The van der Waals surface area contributed by atoms with Gasteiger partial charge >= 0.3 is 0 Å². The molecule has 2 nitrogen and oxygen atoms in total. The zero-order valence-corrected chi connectivity index (χ0v) is 11.4. The van der Waals surface area contributed by atoms with Crippen LogP contribution in [0.2, 0.25) is 0 Å². The maximum atomic E-state index is 7.38. The molecule has 1 saturated carbocycles. The number of nitrogens with one attached hydrogen (secondary N) is 1. The van der Waals surface area contributed by atoms with Gasteiger partial charge in [-0.15, -0.1) is 0 Å². The van der Waals surface area contributed by atoms with Gasteiger partial charge in [-0.1, -0.05) is 30.7 Å². The van der Waals surface area contributed by atoms with Gasteiger partial charge in [0.1, 0.15) is 5.84 Å². The molecule has 0 bridgehead atoms. The number of rotatable bonds is 2. The minimum Gasteiger partial charge on any atom is -0.384 e. The van der Waals surface area contributed by atoms with Gasteiger partial charge in [0.05, 0.1) is 0 Å². The number of hydrogen-bond acceptors (Lipinski definition) is 3. The van der Waals surface area contributed by atoms with Gasteiger partial charge < -0.3 is 5.73 Å². The molecule has 92 valence electrons. The summed E-state index contributed by atoms with van der Waals surface area (Å²) in [5.74, 6) is 0.515. The Hall–Kier alpha value is -0.610. The highest BCUT2D eigenvalue weighted by atomic mass is 32.1. The quantitative estimate of drug-likeness (QED) is 0.371. The van der Waals surface area contributed by atoms with Crippen molar-refractivity contribution in [3.63, 3.8) is 0 Å². The smallest absolute Gasteiger partial charge is 0.122 e. The van der Waals surface area contributed by atoms with E-state index in [1.165, 1.54) is 12.0 Å². The summed E-state index contributed by atoms with van der Waals surface area (Å²) in [5.41, 5.74) is 7.48. The maximum Gasteiger partial charge on any atom is 0.122 e. The van der Waals surface area contributed by atoms with Crippen molar-refractivity contribution in [2.75, 3.05) is 0 Å². The van der Waals surface area contributed by atoms with Gasteiger partial charge in [-0.25, -0.2) is 0 Å². The summed E-state index contributed by atoms with van der Waals surface area (Å²) in [4.78, 5) is 0. The molecule has 0 saturated heterocycles. The number of hydrogen-bond donors (Lipinski definition) is 4. The van der Waals surface area contributed by atoms with Crippen LogP contribution in [0.15, 0.2) is 24.3 Å². The highest BCUT2D eigenvalue weighted by Gasteiger charge is 2.30. The minimum absolute atomic E-state index is 0.116. The molecule has 0 heterocycles. The first-order valence-corrected chi connectivity index (χ1v) is 6.93. The molecule has 1 fully saturated rings. The number of nitrogen functional groups attached to an aromatic ring is 1. The van der Waals surface area contributed by atoms with Crippen LogP contribution in [0.25, 0.3) is 0 Å². The van der Waals surface area contributed by atoms with Crippen LogP contribution in [-0.4, -0.2) is 16.3 Å². The van der Waals surface area contributed by atoms with Crippen molar-refractivity contribution in [3.05, 3.63) is 35.4 Å². The normalized spacial score (nSPS) is 28.9. The third kappa shape index (κ3) is 2.80. The van der Waals surface area contributed by atoms with E-state index in [1.807, 2.05) is 12.1 Å². The van der Waals surface area contributed by atoms with Gasteiger partial charge in [0.15, 0.2) is 0 Å². The molecule has 0 aromatic heterocycles. The molecule has 2 rings (SSSR count). The average molecular weight is 266 g/mol. The lowest BCUT2D eigenvalue weighted by Gasteiger charge is -2.33. The largest absolute Gasteiger partial charge is 0.384 e. The van der Waals surface area contributed by atoms with Crippen molar-refractivity contribution < 1.29 is 0 Å². The van der Waals surface area contributed by atoms with Crippen molar-refractivity contribution >= 4 is 31.1 Å². The Kier molecular flexibility index (Phi) is 4.05. The fourth-order valence-corrected chi connectivity index (χ4v) is 3.74. The first kappa shape index (κ1) is 12.8. The summed E-state index contributed by atoms with van der Waals surface area (Å²) in [6.07, 6.45) is 3.52. The molecular formula is C13H18N2S2. The lowest BCUT2D eigenvalue weighted by Crippen LogP contribution is -2.27. The number of nitrogens with two attached hydrogens (primary N) is 1. The predicted molar refractivity (Wildman–Crippen MR) is 79.6 cm³/mol. The van der Waals surface area contributed by atoms with Crippen molar-refractivity contribution in [1.29, 1.82) is 5.41 Å². The van der Waals surface area contributed by atoms with Gasteiger partial charge in [-0.3, -0.25) is 5.41 Å². The van der Waals surface area contributed by atoms with E-state index in [9.17, 15) is 0 Å². The van der Waals surface area contributed by atoms with Gasteiger partial charge in [0.2, 0.25) is 0 Å². The molecule has 4 heteroatoms. The van der Waals surface area contributed by atoms with Crippen molar-refractivity contribution in [2.45, 2.75) is 35.7 Å². The number of thiol groups is 2. The molecule has 0 radical (unpaired) electrons. The van der Waals surface area contributed by atoms with E-state index in [0.717, 1.165) is 18.4 Å². The standard InChI is InChI=1S/C13H18N2S2/c14-13(15)9-6-4-8(5-7-9)12-10(16)2-1-3-11(12)17/h4-7,10-12,16-17H,1-3H2,(H3,14,15). The summed E-state index contributed by atoms with van der Waals surface area (Å²) in [7, 11) is 0. The zero-order chi connectivity index (χ0) is 12.4. The van der Waals surface area contributed by atoms with E-state index in [1.54, 1.807) is 0 Å². The Morgan fingerprint density at radius 1 is 1.12 bits per heavy atom. The van der Waals surface area contributed by atoms with Crippen LogP contribution in [0.3, 0.4) is 0 Å². The lowest BCUT2D eigenvalue weighted by atomic mass is 9.83. The maximum absolute atomic E-state index is 7.38. The third-order valence-electron chi connectivity index (χ3n) is 3.44. The number of benzene rings is 1. The number of amidine groups is 1. The molecule has 2 atom stereocenters. The van der Waals surface area contributed by atoms with E-state index in [0.29, 0.717) is 16.4 Å². The molecule has 2 unspecified atom stereocenters. The molecule has 17 heavy (non-hydrogen) atoms. The minimum atomic E-state index is 0.116. The third-order valence-corrected chi connectivity index (χ3v) is 4.59. The second-order valence-corrected chi connectivity index (χ2v) is 5.95. The Bertz CT molecular complexity index is 392. The molecular weight excluding hydrogens is 248 g/mol. The van der Waals surface area contributed by atoms with E-state index in [4.69, 9.17) is 11.1 Å². The van der Waals surface area contributed by atoms with Gasteiger partial charge in [-0.2, -0.15) is 25.3 Å². The molecule has 3 N–H and O–H groups in total. The zero-order valence-electron chi connectivity index (χ0n) is 9.63. The second kappa shape index (κ2) is 5.36. The van der Waals surface area contributed by atoms with E-state index >= 15 is 0 Å². The fraction of sp³-hybridized carbons (Fsp3) is 0.462. The Morgan fingerprint density at radius 3 is 2.12 bits per heavy atom. The fourth-order valence-electron chi connectivity index (χ4n) is 2.48. The second-order valence-electron chi connectivity index (χ2n) is 4.63. The summed E-state index contributed by atoms with van der Waals surface area (Å²) < 4.78 is 0. The topological polar surface area (TPSA) is 49.9 Å². The van der Waals surface area contributed by atoms with E-state index in [2.05, 4.69) is 37.4 Å². The highest BCUT2D eigenvalue weighted by molar-refractivity contribution is 7.82. The molecule has 0 spiro atoms. The molecule has 1 aromatic rings. The van der Waals surface area contributed by atoms with Crippen molar-refractivity contribution in [3.8, 4) is 0 Å². The van der Waals surface area contributed by atoms with E-state index in [-0.39, 0.29) is 5.84 Å². The molecule has 1 aliphatic rings. The van der Waals surface area contributed by atoms with Crippen molar-refractivity contribution in [2.24, 2.45) is 5.73 Å². The predicted octanol–water partition coefficient (Wildman–Crippen LogP) is 2.83. The first-order valence-electron chi connectivity index (χ1n) is 5.90. The average Bonchev–Trinajstić information content (AvgIpc) is 2.29. The Balaban J connectivity index is 2.23. The van der Waals surface area contributed by atoms with Crippen LogP contribution in [-0.2, 0) is 0 Å². The summed E-state index contributed by atoms with van der Waals surface area (Å²) >= 11 is 9.36. The Morgan fingerprint density at radius 2 is 1.65 bits per heavy atom. The van der Waals surface area contributed by atoms with Crippen LogP contribution < -0.4 is 5.73 Å². The van der Waals surface area contributed by atoms with Gasteiger partial charge in [-0.05, 0) is 18.4 Å². The van der Waals surface area contributed by atoms with Gasteiger partial charge in [0, 0.05) is 22.0 Å². The molecule has 1 aromatic carbocycles. The summed E-state index contributed by atoms with van der Waals surface area (Å²) in [6.45, 7) is 0. The lowest BCUT2D eigenvalue weighted by molar-refractivity contribution is 0.472. The summed E-state index contributed by atoms with van der Waals surface area (Å²) in [6, 6.07) is 7.93. The highest BCUT2D eigenvalue weighted by Crippen LogP contribution is 2.39. The van der Waals surface area contributed by atoms with Crippen LogP contribution >= 0.6 is 25.3 Å².